The summed E-state index contributed by atoms with van der Waals surface area (Å²) in [7, 11) is 1.38. The highest BCUT2D eigenvalue weighted by Gasteiger charge is 2.71. The molecule has 36 heavy (non-hydrogen) atoms. The van der Waals surface area contributed by atoms with Gasteiger partial charge in [0.1, 0.15) is 12.2 Å². The van der Waals surface area contributed by atoms with Gasteiger partial charge in [-0.05, 0) is 32.1 Å². The molecule has 2 aliphatic carbocycles. The number of esters is 3. The van der Waals surface area contributed by atoms with Crippen molar-refractivity contribution in [2.75, 3.05) is 7.11 Å². The third kappa shape index (κ3) is 3.87. The van der Waals surface area contributed by atoms with E-state index in [9.17, 15) is 29.4 Å². The monoisotopic (exact) mass is 504 g/mol. The summed E-state index contributed by atoms with van der Waals surface area (Å²) in [6.07, 6.45) is 3.52. The lowest BCUT2D eigenvalue weighted by Gasteiger charge is -2.47. The van der Waals surface area contributed by atoms with Crippen molar-refractivity contribution in [3.05, 3.63) is 22.8 Å². The highest BCUT2D eigenvalue weighted by atomic mass is 16.7. The summed E-state index contributed by atoms with van der Waals surface area (Å²) in [5.41, 5.74) is -0.720. The molecule has 7 atom stereocenters. The summed E-state index contributed by atoms with van der Waals surface area (Å²) in [4.78, 5) is 52.1. The van der Waals surface area contributed by atoms with E-state index in [4.69, 9.17) is 14.2 Å². The van der Waals surface area contributed by atoms with Crippen LogP contribution in [-0.4, -0.2) is 59.0 Å². The third-order valence-corrected chi connectivity index (χ3v) is 8.41. The molecular formula is C27H36O9. The van der Waals surface area contributed by atoms with E-state index < -0.39 is 64.9 Å². The predicted molar refractivity (Wildman–Crippen MR) is 126 cm³/mol. The number of carbonyl (C=O) groups excluding carboxylic acids is 4. The number of aliphatic hydroxyl groups excluding tert-OH is 2. The number of cyclic esters (lactones) is 2. The van der Waals surface area contributed by atoms with Crippen LogP contribution in [0.5, 0.6) is 0 Å². The van der Waals surface area contributed by atoms with Gasteiger partial charge in [-0.2, -0.15) is 0 Å². The van der Waals surface area contributed by atoms with Crippen molar-refractivity contribution in [3.8, 4) is 0 Å². The number of hydrogen-bond acceptors (Lipinski definition) is 9. The minimum Gasteiger partial charge on any atom is -0.428 e. The Kier molecular flexibility index (Phi) is 7.29. The molecule has 4 rings (SSSR count). The van der Waals surface area contributed by atoms with Gasteiger partial charge in [0.2, 0.25) is 5.79 Å². The lowest BCUT2D eigenvalue weighted by Crippen LogP contribution is -2.54. The minimum absolute atomic E-state index is 0.0999. The van der Waals surface area contributed by atoms with Gasteiger partial charge < -0.3 is 24.4 Å². The maximum absolute atomic E-state index is 13.3. The Bertz CT molecular complexity index is 1030. The molecule has 9 heteroatoms. The summed E-state index contributed by atoms with van der Waals surface area (Å²) in [5, 5.41) is 21.7. The molecule has 9 nitrogen and oxygen atoms in total. The first-order valence-electron chi connectivity index (χ1n) is 13.0. The first kappa shape index (κ1) is 26.7. The summed E-state index contributed by atoms with van der Waals surface area (Å²) < 4.78 is 16.8. The first-order valence-corrected chi connectivity index (χ1v) is 13.0. The fourth-order valence-electron chi connectivity index (χ4n) is 6.56. The first-order chi connectivity index (χ1) is 17.1. The number of ether oxygens (including phenoxy) is 3. The zero-order valence-electron chi connectivity index (χ0n) is 21.4. The predicted octanol–water partition coefficient (Wildman–Crippen LogP) is 2.53. The van der Waals surface area contributed by atoms with Crippen molar-refractivity contribution in [1.29, 1.82) is 0 Å². The van der Waals surface area contributed by atoms with Crippen LogP contribution >= 0.6 is 0 Å². The molecule has 0 aromatic rings. The molecule has 0 spiro atoms. The number of fused-ring (bicyclic) bond motifs is 1. The molecule has 4 unspecified atom stereocenters. The molecule has 2 aliphatic heterocycles. The molecule has 0 radical (unpaired) electrons. The van der Waals surface area contributed by atoms with Crippen LogP contribution < -0.4 is 0 Å². The van der Waals surface area contributed by atoms with Crippen molar-refractivity contribution >= 4 is 23.7 Å². The number of carbonyl (C=O) groups is 4. The van der Waals surface area contributed by atoms with Crippen molar-refractivity contribution < 1.29 is 43.6 Å². The van der Waals surface area contributed by atoms with E-state index in [1.807, 2.05) is 6.92 Å². The smallest absolute Gasteiger partial charge is 0.343 e. The summed E-state index contributed by atoms with van der Waals surface area (Å²) in [6.45, 7) is 5.53. The number of ketones is 1. The van der Waals surface area contributed by atoms with Crippen LogP contribution in [0.3, 0.4) is 0 Å². The lowest BCUT2D eigenvalue weighted by molar-refractivity contribution is -0.219. The second-order valence-electron chi connectivity index (χ2n) is 10.6. The molecule has 1 saturated heterocycles. The quantitative estimate of drug-likeness (QED) is 0.188. The largest absolute Gasteiger partial charge is 0.428 e. The van der Waals surface area contributed by atoms with E-state index >= 15 is 0 Å². The third-order valence-electron chi connectivity index (χ3n) is 8.41. The van der Waals surface area contributed by atoms with Gasteiger partial charge in [0.15, 0.2) is 5.78 Å². The van der Waals surface area contributed by atoms with E-state index in [0.29, 0.717) is 18.4 Å². The summed E-state index contributed by atoms with van der Waals surface area (Å²) in [5.74, 6) is -6.90. The van der Waals surface area contributed by atoms with Crippen LogP contribution in [0, 0.1) is 23.2 Å². The average molecular weight is 505 g/mol. The molecular weight excluding hydrogens is 468 g/mol. The highest BCUT2D eigenvalue weighted by Crippen LogP contribution is 2.64. The average Bonchev–Trinajstić information content (AvgIpc) is 3.21. The minimum atomic E-state index is -1.65. The van der Waals surface area contributed by atoms with Crippen LogP contribution in [0.1, 0.15) is 72.1 Å². The fraction of sp³-hybridized carbons (Fsp3) is 0.704. The van der Waals surface area contributed by atoms with Gasteiger partial charge in [0, 0.05) is 18.6 Å². The molecule has 198 valence electrons. The molecule has 0 aromatic carbocycles. The van der Waals surface area contributed by atoms with Crippen molar-refractivity contribution in [1.82, 2.24) is 0 Å². The standard InChI is InChI=1S/C27H36O9/c1-5-7-8-9-11-14-15(21(29)22(30)17(28)10-6-2)12-18-26(3)13-16-19(24(32)35-23(16)31)20(14)27(18,34-4)36-25(26)33/h12,14-15,17,20-21,28-29H,5-11,13H2,1-4H3/t14?,15?,17-,20?,21-,26-,27?/m1/s1. The maximum atomic E-state index is 13.3. The van der Waals surface area contributed by atoms with Crippen LogP contribution in [0.25, 0.3) is 0 Å². The second kappa shape index (κ2) is 9.84. The van der Waals surface area contributed by atoms with Gasteiger partial charge in [-0.3, -0.25) is 9.59 Å². The lowest BCUT2D eigenvalue weighted by atomic mass is 9.61. The Balaban J connectivity index is 1.90. The zero-order chi connectivity index (χ0) is 26.4. The molecule has 2 N–H and O–H groups in total. The Labute approximate surface area is 210 Å². The molecule has 2 heterocycles. The molecule has 0 saturated carbocycles. The number of hydrogen-bond donors (Lipinski definition) is 2. The van der Waals surface area contributed by atoms with E-state index in [-0.39, 0.29) is 24.0 Å². The Morgan fingerprint density at radius 2 is 1.86 bits per heavy atom. The van der Waals surface area contributed by atoms with E-state index in [1.54, 1.807) is 13.0 Å². The highest BCUT2D eigenvalue weighted by molar-refractivity contribution is 6.14. The van der Waals surface area contributed by atoms with Crippen LogP contribution in [0.15, 0.2) is 22.8 Å². The zero-order valence-corrected chi connectivity index (χ0v) is 21.4. The number of aliphatic hydroxyl groups is 2. The van der Waals surface area contributed by atoms with Gasteiger partial charge in [0.25, 0.3) is 0 Å². The number of rotatable bonds is 11. The van der Waals surface area contributed by atoms with E-state index in [0.717, 1.165) is 25.7 Å². The van der Waals surface area contributed by atoms with Crippen LogP contribution in [-0.2, 0) is 33.4 Å². The number of unbranched alkanes of at least 4 members (excludes halogenated alkanes) is 3. The SMILES string of the molecule is CCCCCCC1C([C@@H](O)C(=O)[C@H](O)CCC)C=C2C3(OC)OC(=O)[C@]2(C)CC2=C(C(=O)OC2=O)C13. The van der Waals surface area contributed by atoms with Gasteiger partial charge in [-0.15, -0.1) is 0 Å². The summed E-state index contributed by atoms with van der Waals surface area (Å²) in [6, 6.07) is 0. The van der Waals surface area contributed by atoms with Crippen molar-refractivity contribution in [2.45, 2.75) is 90.1 Å². The molecule has 0 aromatic heterocycles. The molecule has 4 bridgehead atoms. The Morgan fingerprint density at radius 1 is 1.14 bits per heavy atom. The van der Waals surface area contributed by atoms with Crippen LogP contribution in [0.2, 0.25) is 0 Å². The van der Waals surface area contributed by atoms with Gasteiger partial charge >= 0.3 is 17.9 Å². The van der Waals surface area contributed by atoms with Gasteiger partial charge in [-0.1, -0.05) is 52.0 Å². The fourth-order valence-corrected chi connectivity index (χ4v) is 6.56. The molecule has 1 fully saturated rings. The van der Waals surface area contributed by atoms with Crippen molar-refractivity contribution in [3.63, 3.8) is 0 Å². The Hall–Kier alpha value is -2.36. The summed E-state index contributed by atoms with van der Waals surface area (Å²) >= 11 is 0. The molecule has 4 aliphatic rings. The Morgan fingerprint density at radius 3 is 2.50 bits per heavy atom. The van der Waals surface area contributed by atoms with Gasteiger partial charge in [0.05, 0.1) is 22.5 Å². The van der Waals surface area contributed by atoms with Crippen LogP contribution in [0.4, 0.5) is 0 Å². The van der Waals surface area contributed by atoms with E-state index in [2.05, 4.69) is 6.92 Å². The van der Waals surface area contributed by atoms with Gasteiger partial charge in [-0.25, -0.2) is 9.59 Å². The second-order valence-corrected chi connectivity index (χ2v) is 10.6. The van der Waals surface area contributed by atoms with E-state index in [1.165, 1.54) is 7.11 Å². The number of Topliss-reactive ketones (excluding diaryl/α,β-unsaturated/α-hetero) is 1. The topological polar surface area (TPSA) is 136 Å². The normalized spacial score (nSPS) is 34.6. The maximum Gasteiger partial charge on any atom is 0.343 e. The number of methoxy groups -OCH3 is 1. The molecule has 0 amide bonds. The van der Waals surface area contributed by atoms with Crippen molar-refractivity contribution in [2.24, 2.45) is 23.2 Å².